The lowest BCUT2D eigenvalue weighted by Crippen LogP contribution is -2.27. The summed E-state index contributed by atoms with van der Waals surface area (Å²) in [7, 11) is 0. The van der Waals surface area contributed by atoms with Crippen LogP contribution in [0, 0.1) is 0 Å². The number of carbonyl (C=O) groups is 1. The maximum Gasteiger partial charge on any atom is 0.251 e. The van der Waals surface area contributed by atoms with E-state index in [2.05, 4.69) is 5.32 Å². The Bertz CT molecular complexity index is 591. The first-order valence-electron chi connectivity index (χ1n) is 6.11. The Morgan fingerprint density at radius 1 is 1.45 bits per heavy atom. The van der Waals surface area contributed by atoms with Gasteiger partial charge in [-0.15, -0.1) is 11.3 Å². The van der Waals surface area contributed by atoms with Crippen molar-refractivity contribution in [3.63, 3.8) is 0 Å². The number of hydrogen-bond donors (Lipinski definition) is 2. The minimum atomic E-state index is -0.212. The van der Waals surface area contributed by atoms with Crippen LogP contribution in [0.5, 0.6) is 0 Å². The molecular weight excluding hydrogens is 315 g/mol. The van der Waals surface area contributed by atoms with Gasteiger partial charge in [0.05, 0.1) is 21.8 Å². The standard InChI is InChI=1S/C14H14Cl2N2OS/c1-2-11(12-4-3-5-20-12)18-14(19)8-6-9(15)13(16)10(17)7-8/h3-7,11H,2,17H2,1H3,(H,18,19). The molecule has 0 saturated heterocycles. The Morgan fingerprint density at radius 2 is 2.20 bits per heavy atom. The normalized spacial score (nSPS) is 12.2. The van der Waals surface area contributed by atoms with E-state index in [1.807, 2.05) is 24.4 Å². The topological polar surface area (TPSA) is 55.1 Å². The van der Waals surface area contributed by atoms with Gasteiger partial charge in [0.2, 0.25) is 0 Å². The second kappa shape index (κ2) is 6.48. The highest BCUT2D eigenvalue weighted by molar-refractivity contribution is 7.10. The van der Waals surface area contributed by atoms with Crippen LogP contribution in [0.15, 0.2) is 29.6 Å². The van der Waals surface area contributed by atoms with Gasteiger partial charge in [-0.1, -0.05) is 36.2 Å². The van der Waals surface area contributed by atoms with Crippen LogP contribution in [0.4, 0.5) is 5.69 Å². The fraction of sp³-hybridized carbons (Fsp3) is 0.214. The molecule has 1 atom stereocenters. The minimum absolute atomic E-state index is 0.0156. The molecule has 0 fully saturated rings. The van der Waals surface area contributed by atoms with Crippen molar-refractivity contribution < 1.29 is 4.79 Å². The third kappa shape index (κ3) is 3.26. The number of nitrogens with one attached hydrogen (secondary N) is 1. The van der Waals surface area contributed by atoms with E-state index in [0.29, 0.717) is 11.3 Å². The predicted octanol–water partition coefficient (Wildman–Crippen LogP) is 4.52. The summed E-state index contributed by atoms with van der Waals surface area (Å²) in [5.74, 6) is -0.212. The van der Waals surface area contributed by atoms with Gasteiger partial charge in [0.15, 0.2) is 0 Å². The van der Waals surface area contributed by atoms with Gasteiger partial charge in [0, 0.05) is 10.4 Å². The van der Waals surface area contributed by atoms with Crippen molar-refractivity contribution in [3.05, 3.63) is 50.1 Å². The molecule has 0 radical (unpaired) electrons. The van der Waals surface area contributed by atoms with E-state index in [-0.39, 0.29) is 22.0 Å². The lowest BCUT2D eigenvalue weighted by atomic mass is 10.1. The van der Waals surface area contributed by atoms with E-state index in [9.17, 15) is 4.79 Å². The molecule has 106 valence electrons. The highest BCUT2D eigenvalue weighted by Gasteiger charge is 2.16. The molecule has 1 amide bonds. The number of benzene rings is 1. The number of nitrogens with two attached hydrogens (primary N) is 1. The van der Waals surface area contributed by atoms with Crippen LogP contribution in [0.1, 0.15) is 34.6 Å². The first-order chi connectivity index (χ1) is 9.52. The van der Waals surface area contributed by atoms with Crippen LogP contribution in [-0.4, -0.2) is 5.91 Å². The number of rotatable bonds is 4. The van der Waals surface area contributed by atoms with Crippen molar-refractivity contribution in [2.24, 2.45) is 0 Å². The zero-order valence-corrected chi connectivity index (χ0v) is 13.1. The summed E-state index contributed by atoms with van der Waals surface area (Å²) in [6.45, 7) is 2.02. The zero-order valence-electron chi connectivity index (χ0n) is 10.8. The van der Waals surface area contributed by atoms with Gasteiger partial charge in [0.1, 0.15) is 0 Å². The quantitative estimate of drug-likeness (QED) is 0.811. The molecule has 1 aromatic carbocycles. The van der Waals surface area contributed by atoms with Crippen LogP contribution in [0.2, 0.25) is 10.0 Å². The van der Waals surface area contributed by atoms with Crippen molar-refractivity contribution in [2.75, 3.05) is 5.73 Å². The molecule has 1 aromatic heterocycles. The van der Waals surface area contributed by atoms with Crippen molar-refractivity contribution in [3.8, 4) is 0 Å². The first kappa shape index (κ1) is 15.2. The van der Waals surface area contributed by atoms with Gasteiger partial charge < -0.3 is 11.1 Å². The lowest BCUT2D eigenvalue weighted by molar-refractivity contribution is 0.0936. The third-order valence-electron chi connectivity index (χ3n) is 2.92. The molecule has 1 heterocycles. The molecule has 0 aliphatic carbocycles. The van der Waals surface area contributed by atoms with Gasteiger partial charge in [-0.3, -0.25) is 4.79 Å². The molecule has 0 bridgehead atoms. The zero-order chi connectivity index (χ0) is 14.7. The van der Waals surface area contributed by atoms with Gasteiger partial charge >= 0.3 is 0 Å². The van der Waals surface area contributed by atoms with Crippen molar-refractivity contribution >= 4 is 46.1 Å². The van der Waals surface area contributed by atoms with E-state index in [4.69, 9.17) is 28.9 Å². The Hall–Kier alpha value is -1.23. The fourth-order valence-corrected chi connectivity index (χ4v) is 3.04. The van der Waals surface area contributed by atoms with Gasteiger partial charge in [-0.25, -0.2) is 0 Å². The molecule has 6 heteroatoms. The van der Waals surface area contributed by atoms with Crippen LogP contribution >= 0.6 is 34.5 Å². The van der Waals surface area contributed by atoms with Crippen LogP contribution in [0.3, 0.4) is 0 Å². The Morgan fingerprint density at radius 3 is 2.75 bits per heavy atom. The van der Waals surface area contributed by atoms with Gasteiger partial charge in [0.25, 0.3) is 5.91 Å². The average Bonchev–Trinajstić information content (AvgIpc) is 2.95. The Balaban J connectivity index is 2.19. The second-order valence-corrected chi connectivity index (χ2v) is 6.08. The van der Waals surface area contributed by atoms with Gasteiger partial charge in [-0.2, -0.15) is 0 Å². The molecule has 0 saturated carbocycles. The number of anilines is 1. The SMILES string of the molecule is CCC(NC(=O)c1cc(N)c(Cl)c(Cl)c1)c1cccs1. The first-order valence-corrected chi connectivity index (χ1v) is 7.75. The Labute approximate surface area is 131 Å². The lowest BCUT2D eigenvalue weighted by Gasteiger charge is -2.16. The van der Waals surface area contributed by atoms with E-state index < -0.39 is 0 Å². The number of thiophene rings is 1. The summed E-state index contributed by atoms with van der Waals surface area (Å²) in [4.78, 5) is 13.4. The summed E-state index contributed by atoms with van der Waals surface area (Å²) in [5, 5.41) is 5.51. The summed E-state index contributed by atoms with van der Waals surface area (Å²) in [5.41, 5.74) is 6.43. The fourth-order valence-electron chi connectivity index (χ4n) is 1.85. The monoisotopic (exact) mass is 328 g/mol. The minimum Gasteiger partial charge on any atom is -0.397 e. The van der Waals surface area contributed by atoms with E-state index in [1.54, 1.807) is 11.3 Å². The molecule has 0 spiro atoms. The summed E-state index contributed by atoms with van der Waals surface area (Å²) < 4.78 is 0. The summed E-state index contributed by atoms with van der Waals surface area (Å²) >= 11 is 13.4. The van der Waals surface area contributed by atoms with Crippen molar-refractivity contribution in [1.29, 1.82) is 0 Å². The molecule has 3 N–H and O–H groups in total. The number of carbonyl (C=O) groups excluding carboxylic acids is 1. The molecule has 0 aliphatic rings. The summed E-state index contributed by atoms with van der Waals surface area (Å²) in [6.07, 6.45) is 0.809. The van der Waals surface area contributed by atoms with Crippen LogP contribution < -0.4 is 11.1 Å². The number of halogens is 2. The van der Waals surface area contributed by atoms with E-state index >= 15 is 0 Å². The average molecular weight is 329 g/mol. The second-order valence-electron chi connectivity index (χ2n) is 4.31. The third-order valence-corrected chi connectivity index (χ3v) is 4.72. The number of amides is 1. The van der Waals surface area contributed by atoms with Crippen LogP contribution in [0.25, 0.3) is 0 Å². The molecule has 2 aromatic rings. The Kier molecular flexibility index (Phi) is 4.91. The number of hydrogen-bond acceptors (Lipinski definition) is 3. The van der Waals surface area contributed by atoms with Gasteiger partial charge in [-0.05, 0) is 30.0 Å². The highest BCUT2D eigenvalue weighted by atomic mass is 35.5. The molecule has 20 heavy (non-hydrogen) atoms. The largest absolute Gasteiger partial charge is 0.397 e. The molecule has 2 rings (SSSR count). The maximum atomic E-state index is 12.3. The van der Waals surface area contributed by atoms with Crippen LogP contribution in [-0.2, 0) is 0 Å². The molecular formula is C14H14Cl2N2OS. The van der Waals surface area contributed by atoms with E-state index in [1.165, 1.54) is 12.1 Å². The van der Waals surface area contributed by atoms with E-state index in [0.717, 1.165) is 11.3 Å². The summed E-state index contributed by atoms with van der Waals surface area (Å²) in [6, 6.07) is 7.01. The number of nitrogen functional groups attached to an aromatic ring is 1. The highest BCUT2D eigenvalue weighted by Crippen LogP contribution is 2.30. The molecule has 3 nitrogen and oxygen atoms in total. The van der Waals surface area contributed by atoms with Crippen molar-refractivity contribution in [2.45, 2.75) is 19.4 Å². The smallest absolute Gasteiger partial charge is 0.251 e. The molecule has 0 aliphatic heterocycles. The van der Waals surface area contributed by atoms with Crippen molar-refractivity contribution in [1.82, 2.24) is 5.32 Å². The molecule has 1 unspecified atom stereocenters. The maximum absolute atomic E-state index is 12.3. The predicted molar refractivity (Wildman–Crippen MR) is 85.7 cm³/mol.